The second-order valence-electron chi connectivity index (χ2n) is 2.10. The van der Waals surface area contributed by atoms with Crippen molar-refractivity contribution in [2.24, 2.45) is 0 Å². The molecule has 0 heterocycles. The third kappa shape index (κ3) is 1.33. The molecule has 0 spiro atoms. The van der Waals surface area contributed by atoms with Gasteiger partial charge in [-0.2, -0.15) is 0 Å². The second kappa shape index (κ2) is 2.80. The van der Waals surface area contributed by atoms with E-state index in [-0.39, 0.29) is 0 Å². The Labute approximate surface area is 64.7 Å². The van der Waals surface area contributed by atoms with Gasteiger partial charge >= 0.3 is 0 Å². The third-order valence-electron chi connectivity index (χ3n) is 1.33. The smallest absolute Gasteiger partial charge is 0.146 e. The third-order valence-corrected chi connectivity index (χ3v) is 1.51. The van der Waals surface area contributed by atoms with Crippen molar-refractivity contribution in [2.75, 3.05) is 5.73 Å². The van der Waals surface area contributed by atoms with Gasteiger partial charge in [-0.05, 0) is 30.7 Å². The molecule has 0 amide bonds. The van der Waals surface area contributed by atoms with Crippen molar-refractivity contribution >= 4 is 17.6 Å². The minimum Gasteiger partial charge on any atom is -0.399 e. The van der Waals surface area contributed by atoms with Crippen LogP contribution in [0.1, 0.15) is 5.56 Å². The van der Waals surface area contributed by atoms with E-state index in [1.54, 1.807) is 18.2 Å². The summed E-state index contributed by atoms with van der Waals surface area (Å²) in [6, 6.07) is 5.25. The molecule has 54 valence electrons. The summed E-state index contributed by atoms with van der Waals surface area (Å²) in [7, 11) is 0. The summed E-state index contributed by atoms with van der Waals surface area (Å²) in [5.41, 5.74) is 7.26. The molecule has 0 aliphatic rings. The predicted octanol–water partition coefficient (Wildman–Crippen LogP) is 2.11. The Morgan fingerprint density at radius 1 is 1.50 bits per heavy atom. The van der Waals surface area contributed by atoms with Gasteiger partial charge in [0.15, 0.2) is 0 Å². The van der Waals surface area contributed by atoms with Gasteiger partial charge < -0.3 is 10.0 Å². The van der Waals surface area contributed by atoms with Gasteiger partial charge in [0.25, 0.3) is 0 Å². The molecule has 0 unspecified atom stereocenters. The molecule has 0 radical (unpaired) electrons. The Morgan fingerprint density at radius 2 is 2.20 bits per heavy atom. The summed E-state index contributed by atoms with van der Waals surface area (Å²) in [5, 5.41) is 0. The number of benzene rings is 1. The van der Waals surface area contributed by atoms with Crippen LogP contribution in [0.25, 0.3) is 0 Å². The molecule has 1 aromatic carbocycles. The Kier molecular flexibility index (Phi) is 2.02. The van der Waals surface area contributed by atoms with Crippen LogP contribution in [0, 0.1) is 6.92 Å². The molecular weight excluding hydrogens is 150 g/mol. The molecular formula is C7H8ClNO. The summed E-state index contributed by atoms with van der Waals surface area (Å²) < 4.78 is 4.47. The average molecular weight is 158 g/mol. The fraction of sp³-hybridized carbons (Fsp3) is 0.143. The zero-order valence-electron chi connectivity index (χ0n) is 5.60. The largest absolute Gasteiger partial charge is 0.399 e. The number of hydrogen-bond acceptors (Lipinski definition) is 2. The molecule has 0 bridgehead atoms. The highest BCUT2D eigenvalue weighted by Gasteiger charge is 1.95. The van der Waals surface area contributed by atoms with Gasteiger partial charge in [-0.15, -0.1) is 0 Å². The predicted molar refractivity (Wildman–Crippen MR) is 42.1 cm³/mol. The molecule has 0 aliphatic heterocycles. The van der Waals surface area contributed by atoms with Crippen LogP contribution in [-0.4, -0.2) is 0 Å². The van der Waals surface area contributed by atoms with Crippen molar-refractivity contribution in [2.45, 2.75) is 6.92 Å². The van der Waals surface area contributed by atoms with Gasteiger partial charge in [-0.25, -0.2) is 0 Å². The lowest BCUT2D eigenvalue weighted by molar-refractivity contribution is 0.619. The van der Waals surface area contributed by atoms with Gasteiger partial charge in [-0.1, -0.05) is 0 Å². The monoisotopic (exact) mass is 157 g/mol. The maximum atomic E-state index is 5.54. The van der Waals surface area contributed by atoms with Gasteiger partial charge in [0.05, 0.1) is 0 Å². The molecule has 0 fully saturated rings. The van der Waals surface area contributed by atoms with E-state index in [0.717, 1.165) is 11.3 Å². The van der Waals surface area contributed by atoms with E-state index in [1.807, 2.05) is 6.92 Å². The van der Waals surface area contributed by atoms with Gasteiger partial charge in [0, 0.05) is 5.69 Å². The first kappa shape index (κ1) is 7.22. The molecule has 0 saturated carbocycles. The molecule has 2 nitrogen and oxygen atoms in total. The number of halogens is 1. The molecule has 10 heavy (non-hydrogen) atoms. The Bertz CT molecular complexity index is 237. The maximum absolute atomic E-state index is 5.54. The van der Waals surface area contributed by atoms with E-state index in [1.165, 1.54) is 0 Å². The van der Waals surface area contributed by atoms with Crippen LogP contribution in [0.3, 0.4) is 0 Å². The van der Waals surface area contributed by atoms with Crippen LogP contribution in [0.2, 0.25) is 0 Å². The molecule has 0 saturated heterocycles. The summed E-state index contributed by atoms with van der Waals surface area (Å²) in [6.07, 6.45) is 0. The topological polar surface area (TPSA) is 35.2 Å². The van der Waals surface area contributed by atoms with E-state index in [4.69, 9.17) is 17.6 Å². The van der Waals surface area contributed by atoms with Crippen molar-refractivity contribution in [3.05, 3.63) is 23.8 Å². The van der Waals surface area contributed by atoms with E-state index < -0.39 is 0 Å². The lowest BCUT2D eigenvalue weighted by atomic mass is 10.2. The Morgan fingerprint density at radius 3 is 2.70 bits per heavy atom. The lowest BCUT2D eigenvalue weighted by Crippen LogP contribution is -1.88. The van der Waals surface area contributed by atoms with Crippen molar-refractivity contribution in [3.8, 4) is 5.75 Å². The summed E-state index contributed by atoms with van der Waals surface area (Å²) in [6.45, 7) is 1.90. The second-order valence-corrected chi connectivity index (χ2v) is 2.25. The molecule has 0 aliphatic carbocycles. The first-order chi connectivity index (χ1) is 4.74. The molecule has 3 heteroatoms. The SMILES string of the molecule is Cc1cc(OCl)ccc1N. The molecule has 1 aromatic rings. The fourth-order valence-corrected chi connectivity index (χ4v) is 0.792. The minimum atomic E-state index is 0.619. The van der Waals surface area contributed by atoms with E-state index in [2.05, 4.69) is 4.29 Å². The highest BCUT2D eigenvalue weighted by molar-refractivity contribution is 6.09. The van der Waals surface area contributed by atoms with Gasteiger partial charge in [0.1, 0.15) is 17.6 Å². The zero-order valence-corrected chi connectivity index (χ0v) is 6.35. The van der Waals surface area contributed by atoms with Crippen molar-refractivity contribution in [1.82, 2.24) is 0 Å². The van der Waals surface area contributed by atoms with Crippen LogP contribution in [0.4, 0.5) is 5.69 Å². The first-order valence-electron chi connectivity index (χ1n) is 2.89. The lowest BCUT2D eigenvalue weighted by Gasteiger charge is -2.00. The fourth-order valence-electron chi connectivity index (χ4n) is 0.696. The molecule has 0 atom stereocenters. The van der Waals surface area contributed by atoms with Crippen molar-refractivity contribution < 1.29 is 4.29 Å². The van der Waals surface area contributed by atoms with Crippen LogP contribution in [0.5, 0.6) is 5.75 Å². The number of anilines is 1. The zero-order chi connectivity index (χ0) is 7.56. The van der Waals surface area contributed by atoms with Crippen LogP contribution < -0.4 is 10.0 Å². The van der Waals surface area contributed by atoms with E-state index in [0.29, 0.717) is 5.75 Å². The van der Waals surface area contributed by atoms with E-state index in [9.17, 15) is 0 Å². The standard InChI is InChI=1S/C7H8ClNO/c1-5-4-6(10-8)2-3-7(5)9/h2-4H,9H2,1H3. The highest BCUT2D eigenvalue weighted by Crippen LogP contribution is 2.18. The average Bonchev–Trinajstić information content (AvgIpc) is 1.95. The molecule has 0 aromatic heterocycles. The summed E-state index contributed by atoms with van der Waals surface area (Å²) >= 11 is 5.11. The molecule has 2 N–H and O–H groups in total. The van der Waals surface area contributed by atoms with Crippen molar-refractivity contribution in [3.63, 3.8) is 0 Å². The summed E-state index contributed by atoms with van der Waals surface area (Å²) in [5.74, 6) is 0.619. The van der Waals surface area contributed by atoms with Crippen LogP contribution in [0.15, 0.2) is 18.2 Å². The quantitative estimate of drug-likeness (QED) is 0.634. The van der Waals surface area contributed by atoms with Crippen molar-refractivity contribution in [1.29, 1.82) is 0 Å². The number of nitrogens with two attached hydrogens (primary N) is 1. The van der Waals surface area contributed by atoms with Gasteiger partial charge in [-0.3, -0.25) is 0 Å². The van der Waals surface area contributed by atoms with E-state index >= 15 is 0 Å². The first-order valence-corrected chi connectivity index (χ1v) is 3.19. The maximum Gasteiger partial charge on any atom is 0.146 e. The number of aryl methyl sites for hydroxylation is 1. The Balaban J connectivity index is 3.04. The highest BCUT2D eigenvalue weighted by atomic mass is 35.5. The molecule has 1 rings (SSSR count). The number of hydrogen-bond donors (Lipinski definition) is 1. The Hall–Kier alpha value is -0.890. The van der Waals surface area contributed by atoms with Gasteiger partial charge in [0.2, 0.25) is 0 Å². The number of nitrogen functional groups attached to an aromatic ring is 1. The number of rotatable bonds is 1. The normalized spacial score (nSPS) is 9.40. The van der Waals surface area contributed by atoms with Crippen LogP contribution >= 0.6 is 11.9 Å². The minimum absolute atomic E-state index is 0.619. The van der Waals surface area contributed by atoms with Crippen LogP contribution in [-0.2, 0) is 0 Å². The summed E-state index contributed by atoms with van der Waals surface area (Å²) in [4.78, 5) is 0.